The van der Waals surface area contributed by atoms with Gasteiger partial charge in [-0.15, -0.1) is 0 Å². The highest BCUT2D eigenvalue weighted by Gasteiger charge is 2.30. The molecule has 0 aliphatic heterocycles. The van der Waals surface area contributed by atoms with Crippen LogP contribution in [0, 0.1) is 0 Å². The molecule has 2 N–H and O–H groups in total. The van der Waals surface area contributed by atoms with Gasteiger partial charge in [0.1, 0.15) is 0 Å². The lowest BCUT2D eigenvalue weighted by Gasteiger charge is -2.22. The van der Waals surface area contributed by atoms with Crippen molar-refractivity contribution in [3.05, 3.63) is 18.0 Å². The maximum Gasteiger partial charge on any atom is 0.244 e. The van der Waals surface area contributed by atoms with Crippen LogP contribution >= 0.6 is 0 Å². The van der Waals surface area contributed by atoms with Crippen molar-refractivity contribution in [1.29, 1.82) is 0 Å². The Balaban J connectivity index is 2.05. The summed E-state index contributed by atoms with van der Waals surface area (Å²) in [4.78, 5) is 3.42. The maximum absolute atomic E-state index is 12.5. The third-order valence-electron chi connectivity index (χ3n) is 3.97. The Morgan fingerprint density at radius 1 is 1.40 bits per heavy atom. The average Bonchev–Trinajstić information content (AvgIpc) is 3.09. The van der Waals surface area contributed by atoms with Crippen molar-refractivity contribution < 1.29 is 8.42 Å². The van der Waals surface area contributed by atoms with E-state index in [1.807, 2.05) is 0 Å². The zero-order valence-electron chi connectivity index (χ0n) is 12.4. The Labute approximate surface area is 121 Å². The summed E-state index contributed by atoms with van der Waals surface area (Å²) < 4.78 is 26.6. The Morgan fingerprint density at radius 2 is 2.10 bits per heavy atom. The summed E-state index contributed by atoms with van der Waals surface area (Å²) in [7, 11) is -1.66. The quantitative estimate of drug-likeness (QED) is 0.758. The van der Waals surface area contributed by atoms with Gasteiger partial charge in [0.15, 0.2) is 0 Å². The number of sulfonamides is 1. The summed E-state index contributed by atoms with van der Waals surface area (Å²) in [5.74, 6) is 0. The third kappa shape index (κ3) is 3.42. The van der Waals surface area contributed by atoms with Crippen LogP contribution in [0.5, 0.6) is 0 Å². The number of nitrogens with one attached hydrogen (secondary N) is 2. The van der Waals surface area contributed by atoms with E-state index >= 15 is 0 Å². The minimum absolute atomic E-state index is 0.163. The number of nitrogens with zero attached hydrogens (tertiary/aromatic N) is 1. The fraction of sp³-hybridized carbons (Fsp3) is 0.714. The molecule has 1 saturated carbocycles. The Kier molecular flexibility index (Phi) is 5.23. The molecule has 1 aliphatic rings. The van der Waals surface area contributed by atoms with Crippen LogP contribution in [0.2, 0.25) is 0 Å². The van der Waals surface area contributed by atoms with Crippen molar-refractivity contribution in [3.63, 3.8) is 0 Å². The first kappa shape index (κ1) is 15.5. The largest absolute Gasteiger partial charge is 0.363 e. The van der Waals surface area contributed by atoms with Gasteiger partial charge in [0, 0.05) is 31.5 Å². The molecule has 20 heavy (non-hydrogen) atoms. The van der Waals surface area contributed by atoms with Crippen LogP contribution in [0.25, 0.3) is 0 Å². The molecule has 2 rings (SSSR count). The smallest absolute Gasteiger partial charge is 0.244 e. The molecule has 0 unspecified atom stereocenters. The summed E-state index contributed by atoms with van der Waals surface area (Å²) >= 11 is 0. The lowest BCUT2D eigenvalue weighted by atomic mass is 10.3. The number of hydrogen-bond donors (Lipinski definition) is 2. The van der Waals surface area contributed by atoms with Gasteiger partial charge in [-0.3, -0.25) is 0 Å². The highest BCUT2D eigenvalue weighted by molar-refractivity contribution is 7.89. The molecular formula is C14H25N3O2S. The molecule has 1 aromatic rings. The monoisotopic (exact) mass is 299 g/mol. The van der Waals surface area contributed by atoms with Crippen molar-refractivity contribution in [2.45, 2.75) is 56.5 Å². The van der Waals surface area contributed by atoms with Crippen molar-refractivity contribution >= 4 is 10.0 Å². The first-order chi connectivity index (χ1) is 9.55. The number of rotatable bonds is 7. The molecule has 1 aromatic heterocycles. The van der Waals surface area contributed by atoms with Crippen LogP contribution in [-0.2, 0) is 16.6 Å². The van der Waals surface area contributed by atoms with Crippen molar-refractivity contribution in [2.24, 2.45) is 0 Å². The number of aromatic nitrogens is 1. The first-order valence-corrected chi connectivity index (χ1v) is 8.85. The molecule has 0 bridgehead atoms. The molecular weight excluding hydrogens is 274 g/mol. The van der Waals surface area contributed by atoms with Crippen LogP contribution in [0.15, 0.2) is 17.2 Å². The lowest BCUT2D eigenvalue weighted by Crippen LogP contribution is -2.35. The minimum Gasteiger partial charge on any atom is -0.363 e. The fourth-order valence-corrected chi connectivity index (χ4v) is 4.13. The molecule has 0 saturated heterocycles. The topological polar surface area (TPSA) is 65.2 Å². The second-order valence-corrected chi connectivity index (χ2v) is 7.49. The zero-order valence-corrected chi connectivity index (χ0v) is 13.2. The van der Waals surface area contributed by atoms with Crippen molar-refractivity contribution in [1.82, 2.24) is 14.6 Å². The standard InChI is InChI=1S/C14H25N3O2S/c1-3-8-15-10-12-9-14(11-16-12)20(18,19)17(2)13-6-4-5-7-13/h9,11,13,15-16H,3-8,10H2,1-2H3. The van der Waals surface area contributed by atoms with E-state index in [4.69, 9.17) is 0 Å². The Morgan fingerprint density at radius 3 is 2.75 bits per heavy atom. The van der Waals surface area contributed by atoms with Crippen LogP contribution in [0.1, 0.15) is 44.7 Å². The second-order valence-electron chi connectivity index (χ2n) is 5.50. The zero-order chi connectivity index (χ0) is 14.6. The van der Waals surface area contributed by atoms with Crippen LogP contribution in [0.4, 0.5) is 0 Å². The summed E-state index contributed by atoms with van der Waals surface area (Å²) in [5.41, 5.74) is 0.914. The van der Waals surface area contributed by atoms with E-state index in [-0.39, 0.29) is 6.04 Å². The number of hydrogen-bond acceptors (Lipinski definition) is 3. The maximum atomic E-state index is 12.5. The van der Waals surface area contributed by atoms with Gasteiger partial charge in [0.2, 0.25) is 10.0 Å². The molecule has 0 aromatic carbocycles. The summed E-state index contributed by atoms with van der Waals surface area (Å²) in [5, 5.41) is 3.26. The van der Waals surface area contributed by atoms with Gasteiger partial charge >= 0.3 is 0 Å². The van der Waals surface area contributed by atoms with Crippen molar-refractivity contribution in [2.75, 3.05) is 13.6 Å². The number of H-pyrrole nitrogens is 1. The summed E-state index contributed by atoms with van der Waals surface area (Å²) in [6, 6.07) is 1.90. The lowest BCUT2D eigenvalue weighted by molar-refractivity contribution is 0.373. The molecule has 1 heterocycles. The van der Waals surface area contributed by atoms with E-state index in [0.717, 1.165) is 44.3 Å². The van der Waals surface area contributed by atoms with Gasteiger partial charge in [-0.1, -0.05) is 19.8 Å². The third-order valence-corrected chi connectivity index (χ3v) is 5.86. The molecule has 6 heteroatoms. The van der Waals surface area contributed by atoms with Crippen molar-refractivity contribution in [3.8, 4) is 0 Å². The summed E-state index contributed by atoms with van der Waals surface area (Å²) in [6.45, 7) is 3.72. The van der Waals surface area contributed by atoms with Crippen LogP contribution < -0.4 is 5.32 Å². The second kappa shape index (κ2) is 6.74. The van der Waals surface area contributed by atoms with E-state index in [9.17, 15) is 8.42 Å². The Hall–Kier alpha value is -0.850. The van der Waals surface area contributed by atoms with Gasteiger partial charge < -0.3 is 10.3 Å². The number of aromatic amines is 1. The first-order valence-electron chi connectivity index (χ1n) is 7.41. The molecule has 1 aliphatic carbocycles. The van der Waals surface area contributed by atoms with Crippen LogP contribution in [0.3, 0.4) is 0 Å². The molecule has 0 amide bonds. The van der Waals surface area contributed by atoms with Gasteiger partial charge in [-0.05, 0) is 31.9 Å². The van der Waals surface area contributed by atoms with E-state index in [2.05, 4.69) is 17.2 Å². The predicted octanol–water partition coefficient (Wildman–Crippen LogP) is 2.08. The highest BCUT2D eigenvalue weighted by Crippen LogP contribution is 2.27. The molecule has 114 valence electrons. The SMILES string of the molecule is CCCNCc1cc(S(=O)(=O)N(C)C2CCCC2)c[nH]1. The molecule has 5 nitrogen and oxygen atoms in total. The van der Waals surface area contributed by atoms with Crippen LogP contribution in [-0.4, -0.2) is 37.3 Å². The van der Waals surface area contributed by atoms with E-state index in [0.29, 0.717) is 11.4 Å². The van der Waals surface area contributed by atoms with Gasteiger partial charge in [0.25, 0.3) is 0 Å². The fourth-order valence-electron chi connectivity index (χ4n) is 2.70. The van der Waals surface area contributed by atoms with Gasteiger partial charge in [0.05, 0.1) is 4.90 Å². The Bertz CT molecular complexity index is 518. The average molecular weight is 299 g/mol. The van der Waals surface area contributed by atoms with Gasteiger partial charge in [-0.2, -0.15) is 4.31 Å². The van der Waals surface area contributed by atoms with E-state index in [1.165, 1.54) is 0 Å². The molecule has 1 fully saturated rings. The van der Waals surface area contributed by atoms with E-state index in [1.54, 1.807) is 23.6 Å². The molecule has 0 atom stereocenters. The molecule has 0 radical (unpaired) electrons. The normalized spacial score (nSPS) is 17.1. The minimum atomic E-state index is -3.36. The summed E-state index contributed by atoms with van der Waals surface area (Å²) in [6.07, 6.45) is 6.88. The molecule has 0 spiro atoms. The highest BCUT2D eigenvalue weighted by atomic mass is 32.2. The van der Waals surface area contributed by atoms with Gasteiger partial charge in [-0.25, -0.2) is 8.42 Å². The predicted molar refractivity (Wildman–Crippen MR) is 80.0 cm³/mol. The van der Waals surface area contributed by atoms with E-state index < -0.39 is 10.0 Å².